The van der Waals surface area contributed by atoms with E-state index >= 15 is 0 Å². The monoisotopic (exact) mass is 370 g/mol. The minimum absolute atomic E-state index is 0.0447. The van der Waals surface area contributed by atoms with Crippen molar-refractivity contribution in [1.29, 1.82) is 0 Å². The zero-order valence-electron chi connectivity index (χ0n) is 14.3. The van der Waals surface area contributed by atoms with Crippen molar-refractivity contribution in [1.82, 2.24) is 20.0 Å². The van der Waals surface area contributed by atoms with Gasteiger partial charge in [-0.1, -0.05) is 18.2 Å². The van der Waals surface area contributed by atoms with Gasteiger partial charge < -0.3 is 9.80 Å². The van der Waals surface area contributed by atoms with E-state index in [1.807, 2.05) is 6.07 Å². The number of hydrogen-bond acceptors (Lipinski definition) is 3. The second kappa shape index (κ2) is 6.79. The number of carbonyl (C=O) groups excluding carboxylic acids is 2. The van der Waals surface area contributed by atoms with E-state index in [0.29, 0.717) is 17.6 Å². The maximum atomic E-state index is 13.8. The second-order valence-corrected chi connectivity index (χ2v) is 6.42. The molecule has 1 aliphatic rings. The summed E-state index contributed by atoms with van der Waals surface area (Å²) in [4.78, 5) is 28.2. The quantitative estimate of drug-likeness (QED) is 0.769. The second-order valence-electron chi connectivity index (χ2n) is 6.42. The van der Waals surface area contributed by atoms with Gasteiger partial charge in [0.2, 0.25) is 5.91 Å². The average molecular weight is 370 g/mol. The number of fused-ring (bicyclic) bond motifs is 1. The van der Waals surface area contributed by atoms with Crippen LogP contribution < -0.4 is 0 Å². The molecule has 0 atom stereocenters. The van der Waals surface area contributed by atoms with Gasteiger partial charge in [-0.15, -0.1) is 0 Å². The maximum absolute atomic E-state index is 13.8. The Kier molecular flexibility index (Phi) is 4.31. The van der Waals surface area contributed by atoms with Crippen LogP contribution in [-0.2, 0) is 11.3 Å². The van der Waals surface area contributed by atoms with Crippen molar-refractivity contribution in [2.45, 2.75) is 6.54 Å². The Morgan fingerprint density at radius 2 is 2.04 bits per heavy atom. The van der Waals surface area contributed by atoms with Crippen LogP contribution in [0.2, 0.25) is 0 Å². The number of nitrogens with zero attached hydrogens (tertiary/aromatic N) is 3. The van der Waals surface area contributed by atoms with Crippen LogP contribution >= 0.6 is 0 Å². The lowest BCUT2D eigenvalue weighted by atomic mass is 10.1. The van der Waals surface area contributed by atoms with Crippen molar-refractivity contribution in [2.24, 2.45) is 0 Å². The van der Waals surface area contributed by atoms with Gasteiger partial charge >= 0.3 is 0 Å². The molecule has 0 unspecified atom stereocenters. The highest BCUT2D eigenvalue weighted by Crippen LogP contribution is 2.20. The van der Waals surface area contributed by atoms with E-state index in [0.717, 1.165) is 17.5 Å². The van der Waals surface area contributed by atoms with Crippen LogP contribution in [0.15, 0.2) is 42.6 Å². The molecule has 0 bridgehead atoms. The largest absolute Gasteiger partial charge is 0.335 e. The fourth-order valence-electron chi connectivity index (χ4n) is 3.22. The molecule has 1 saturated heterocycles. The lowest BCUT2D eigenvalue weighted by Gasteiger charge is -2.34. The zero-order chi connectivity index (χ0) is 19.0. The first kappa shape index (κ1) is 17.1. The van der Waals surface area contributed by atoms with E-state index in [4.69, 9.17) is 0 Å². The number of aromatic amines is 1. The molecule has 1 fully saturated rings. The topological polar surface area (TPSA) is 69.3 Å². The van der Waals surface area contributed by atoms with Crippen molar-refractivity contribution in [3.05, 3.63) is 65.4 Å². The van der Waals surface area contributed by atoms with Gasteiger partial charge in [0, 0.05) is 36.7 Å². The normalized spacial score (nSPS) is 14.8. The molecule has 2 aromatic carbocycles. The summed E-state index contributed by atoms with van der Waals surface area (Å²) >= 11 is 0. The molecular formula is C19H16F2N4O2. The van der Waals surface area contributed by atoms with E-state index in [2.05, 4.69) is 10.2 Å². The number of hydrogen-bond donors (Lipinski definition) is 1. The van der Waals surface area contributed by atoms with Crippen molar-refractivity contribution >= 4 is 22.7 Å². The number of benzene rings is 2. The number of amides is 2. The number of carbonyl (C=O) groups is 2. The number of piperazine rings is 1. The molecule has 0 aliphatic carbocycles. The predicted molar refractivity (Wildman–Crippen MR) is 93.8 cm³/mol. The van der Waals surface area contributed by atoms with Gasteiger partial charge in [0.15, 0.2) is 0 Å². The molecule has 0 spiro atoms. The Hall–Kier alpha value is -3.29. The number of halogens is 2. The summed E-state index contributed by atoms with van der Waals surface area (Å²) in [6.45, 7) is 0.563. The SMILES string of the molecule is O=C1CN(C(=O)c2cccc3cn[nH]c23)CCN1Cc1ccc(F)cc1F. The lowest BCUT2D eigenvalue weighted by Crippen LogP contribution is -2.51. The highest BCUT2D eigenvalue weighted by Gasteiger charge is 2.29. The predicted octanol–water partition coefficient (Wildman–Crippen LogP) is 2.33. The van der Waals surface area contributed by atoms with Gasteiger partial charge in [-0.3, -0.25) is 14.7 Å². The minimum atomic E-state index is -0.688. The fraction of sp³-hybridized carbons (Fsp3) is 0.211. The molecule has 6 nitrogen and oxygen atoms in total. The Morgan fingerprint density at radius 3 is 2.81 bits per heavy atom. The molecule has 1 aromatic heterocycles. The van der Waals surface area contributed by atoms with Crippen LogP contribution in [-0.4, -0.2) is 51.4 Å². The van der Waals surface area contributed by atoms with Gasteiger partial charge in [-0.2, -0.15) is 5.10 Å². The molecule has 4 rings (SSSR count). The third-order valence-electron chi connectivity index (χ3n) is 4.69. The molecule has 2 heterocycles. The zero-order valence-corrected chi connectivity index (χ0v) is 14.3. The fourth-order valence-corrected chi connectivity index (χ4v) is 3.22. The Morgan fingerprint density at radius 1 is 1.19 bits per heavy atom. The van der Waals surface area contributed by atoms with E-state index in [-0.39, 0.29) is 37.0 Å². The highest BCUT2D eigenvalue weighted by molar-refractivity contribution is 6.06. The van der Waals surface area contributed by atoms with Crippen LogP contribution in [0.25, 0.3) is 10.9 Å². The molecule has 0 radical (unpaired) electrons. The van der Waals surface area contributed by atoms with Gasteiger partial charge in [-0.25, -0.2) is 8.78 Å². The Balaban J connectivity index is 1.47. The molecule has 3 aromatic rings. The molecule has 1 aliphatic heterocycles. The number of rotatable bonds is 3. The van der Waals surface area contributed by atoms with Crippen LogP contribution in [0.4, 0.5) is 8.78 Å². The first-order valence-electron chi connectivity index (χ1n) is 8.46. The summed E-state index contributed by atoms with van der Waals surface area (Å²) in [5.74, 6) is -1.89. The molecule has 1 N–H and O–H groups in total. The maximum Gasteiger partial charge on any atom is 0.256 e. The first-order valence-corrected chi connectivity index (χ1v) is 8.46. The summed E-state index contributed by atoms with van der Waals surface area (Å²) in [6, 6.07) is 8.58. The summed E-state index contributed by atoms with van der Waals surface area (Å²) in [7, 11) is 0. The summed E-state index contributed by atoms with van der Waals surface area (Å²) in [5, 5.41) is 7.57. The van der Waals surface area contributed by atoms with Crippen molar-refractivity contribution in [3.8, 4) is 0 Å². The van der Waals surface area contributed by atoms with Crippen LogP contribution in [0.1, 0.15) is 15.9 Å². The van der Waals surface area contributed by atoms with Crippen LogP contribution in [0.5, 0.6) is 0 Å². The minimum Gasteiger partial charge on any atom is -0.335 e. The number of nitrogens with one attached hydrogen (secondary N) is 1. The molecule has 2 amide bonds. The Labute approximate surface area is 153 Å². The molecule has 27 heavy (non-hydrogen) atoms. The third-order valence-corrected chi connectivity index (χ3v) is 4.69. The summed E-state index contributed by atoms with van der Waals surface area (Å²) in [5.41, 5.74) is 1.33. The van der Waals surface area contributed by atoms with Gasteiger partial charge in [0.1, 0.15) is 18.2 Å². The molecule has 8 heteroatoms. The molecule has 138 valence electrons. The number of H-pyrrole nitrogens is 1. The lowest BCUT2D eigenvalue weighted by molar-refractivity contribution is -0.135. The van der Waals surface area contributed by atoms with E-state index < -0.39 is 11.6 Å². The first-order chi connectivity index (χ1) is 13.0. The van der Waals surface area contributed by atoms with Crippen molar-refractivity contribution in [3.63, 3.8) is 0 Å². The van der Waals surface area contributed by atoms with Crippen LogP contribution in [0, 0.1) is 11.6 Å². The van der Waals surface area contributed by atoms with E-state index in [1.165, 1.54) is 15.9 Å². The standard InChI is InChI=1S/C19H16F2N4O2/c20-14-5-4-13(16(21)8-14)10-24-6-7-25(11-17(24)26)19(27)15-3-1-2-12-9-22-23-18(12)15/h1-5,8-9H,6-7,10-11H2,(H,22,23). The summed E-state index contributed by atoms with van der Waals surface area (Å²) in [6.07, 6.45) is 1.63. The van der Waals surface area contributed by atoms with E-state index in [1.54, 1.807) is 18.3 Å². The van der Waals surface area contributed by atoms with Crippen LogP contribution in [0.3, 0.4) is 0 Å². The van der Waals surface area contributed by atoms with Crippen molar-refractivity contribution < 1.29 is 18.4 Å². The van der Waals surface area contributed by atoms with Gasteiger partial charge in [0.05, 0.1) is 17.3 Å². The Bertz CT molecular complexity index is 1030. The van der Waals surface area contributed by atoms with Crippen molar-refractivity contribution in [2.75, 3.05) is 19.6 Å². The smallest absolute Gasteiger partial charge is 0.256 e. The average Bonchev–Trinajstić information content (AvgIpc) is 3.13. The summed E-state index contributed by atoms with van der Waals surface area (Å²) < 4.78 is 26.8. The third kappa shape index (κ3) is 3.25. The van der Waals surface area contributed by atoms with Gasteiger partial charge in [0.25, 0.3) is 5.91 Å². The molecular weight excluding hydrogens is 354 g/mol. The van der Waals surface area contributed by atoms with Gasteiger partial charge in [-0.05, 0) is 12.1 Å². The van der Waals surface area contributed by atoms with E-state index in [9.17, 15) is 18.4 Å². The number of para-hydroxylation sites is 1. The molecule has 0 saturated carbocycles. The highest BCUT2D eigenvalue weighted by atomic mass is 19.1. The number of aromatic nitrogens is 2.